The minimum absolute atomic E-state index is 0.0838. The molecule has 28 heavy (non-hydrogen) atoms. The van der Waals surface area contributed by atoms with Gasteiger partial charge in [-0.3, -0.25) is 0 Å². The van der Waals surface area contributed by atoms with Crippen molar-refractivity contribution < 1.29 is 26.7 Å². The van der Waals surface area contributed by atoms with Crippen LogP contribution in [0.3, 0.4) is 0 Å². The standard InChI is InChI=1S/C19H18F5N3O/c20-15-9-14(10-16(21)17(15)27-6-1-2-7-27)26-18(28)25-11-12-4-3-5-13(8-12)19(22,23)24/h3-5,8-10H,1-2,6-7,11H2,(H2,25,26,28). The molecule has 0 aliphatic carbocycles. The van der Waals surface area contributed by atoms with Gasteiger partial charge in [-0.05, 0) is 42.7 Å². The number of rotatable bonds is 4. The number of carbonyl (C=O) groups excluding carboxylic acids is 1. The highest BCUT2D eigenvalue weighted by atomic mass is 19.4. The van der Waals surface area contributed by atoms with Crippen molar-refractivity contribution in [1.29, 1.82) is 0 Å². The fourth-order valence-corrected chi connectivity index (χ4v) is 3.10. The fraction of sp³-hybridized carbons (Fsp3) is 0.316. The van der Waals surface area contributed by atoms with E-state index in [1.54, 1.807) is 4.90 Å². The molecule has 9 heteroatoms. The number of urea groups is 1. The summed E-state index contributed by atoms with van der Waals surface area (Å²) in [4.78, 5) is 13.5. The number of nitrogens with one attached hydrogen (secondary N) is 2. The summed E-state index contributed by atoms with van der Waals surface area (Å²) in [6, 6.07) is 5.76. The highest BCUT2D eigenvalue weighted by molar-refractivity contribution is 5.89. The molecule has 0 unspecified atom stereocenters. The van der Waals surface area contributed by atoms with Crippen LogP contribution in [0.25, 0.3) is 0 Å². The molecule has 2 amide bonds. The van der Waals surface area contributed by atoms with E-state index < -0.39 is 29.4 Å². The number of alkyl halides is 3. The highest BCUT2D eigenvalue weighted by Crippen LogP contribution is 2.30. The molecule has 0 aromatic heterocycles. The first-order valence-corrected chi connectivity index (χ1v) is 8.69. The highest BCUT2D eigenvalue weighted by Gasteiger charge is 2.30. The predicted octanol–water partition coefficient (Wildman–Crippen LogP) is 4.91. The van der Waals surface area contributed by atoms with Gasteiger partial charge in [-0.15, -0.1) is 0 Å². The zero-order valence-electron chi connectivity index (χ0n) is 14.7. The maximum atomic E-state index is 14.3. The SMILES string of the molecule is O=C(NCc1cccc(C(F)(F)F)c1)Nc1cc(F)c(N2CCCC2)c(F)c1. The first-order chi connectivity index (χ1) is 13.2. The smallest absolute Gasteiger partial charge is 0.367 e. The molecule has 1 aliphatic rings. The van der Waals surface area contributed by atoms with E-state index >= 15 is 0 Å². The van der Waals surface area contributed by atoms with Crippen molar-refractivity contribution in [2.45, 2.75) is 25.6 Å². The fourth-order valence-electron chi connectivity index (χ4n) is 3.10. The molecular formula is C19H18F5N3O. The van der Waals surface area contributed by atoms with Gasteiger partial charge >= 0.3 is 12.2 Å². The summed E-state index contributed by atoms with van der Waals surface area (Å²) in [5.41, 5.74) is -0.785. The van der Waals surface area contributed by atoms with Gasteiger partial charge in [0.25, 0.3) is 0 Å². The van der Waals surface area contributed by atoms with E-state index in [1.807, 2.05) is 0 Å². The second kappa shape index (κ2) is 8.04. The van der Waals surface area contributed by atoms with Gasteiger partial charge in [0.1, 0.15) is 5.69 Å². The van der Waals surface area contributed by atoms with Crippen LogP contribution in [0.15, 0.2) is 36.4 Å². The van der Waals surface area contributed by atoms with Crippen LogP contribution in [0.1, 0.15) is 24.0 Å². The Kier molecular flexibility index (Phi) is 5.71. The molecule has 1 fully saturated rings. The Morgan fingerprint density at radius 2 is 1.68 bits per heavy atom. The largest absolute Gasteiger partial charge is 0.416 e. The van der Waals surface area contributed by atoms with Gasteiger partial charge in [0, 0.05) is 25.3 Å². The number of halogens is 5. The summed E-state index contributed by atoms with van der Waals surface area (Å²) in [6.45, 7) is 0.961. The van der Waals surface area contributed by atoms with Crippen LogP contribution < -0.4 is 15.5 Å². The van der Waals surface area contributed by atoms with Crippen molar-refractivity contribution >= 4 is 17.4 Å². The summed E-state index contributed by atoms with van der Waals surface area (Å²) in [5.74, 6) is -1.56. The Bertz CT molecular complexity index is 840. The minimum atomic E-state index is -4.48. The zero-order valence-corrected chi connectivity index (χ0v) is 14.7. The Hall–Kier alpha value is -2.84. The summed E-state index contributed by atoms with van der Waals surface area (Å²) in [5, 5.41) is 4.65. The lowest BCUT2D eigenvalue weighted by Crippen LogP contribution is -2.28. The molecule has 2 N–H and O–H groups in total. The maximum Gasteiger partial charge on any atom is 0.416 e. The van der Waals surface area contributed by atoms with E-state index in [9.17, 15) is 26.7 Å². The molecule has 0 saturated carbocycles. The van der Waals surface area contributed by atoms with Crippen molar-refractivity contribution in [2.75, 3.05) is 23.3 Å². The van der Waals surface area contributed by atoms with Crippen molar-refractivity contribution in [2.24, 2.45) is 0 Å². The number of nitrogens with zero attached hydrogens (tertiary/aromatic N) is 1. The molecular weight excluding hydrogens is 381 g/mol. The second-order valence-corrected chi connectivity index (χ2v) is 6.49. The van der Waals surface area contributed by atoms with Crippen LogP contribution in [0.4, 0.5) is 38.1 Å². The zero-order chi connectivity index (χ0) is 20.3. The van der Waals surface area contributed by atoms with Gasteiger partial charge in [-0.1, -0.05) is 12.1 Å². The van der Waals surface area contributed by atoms with Crippen LogP contribution in [0.5, 0.6) is 0 Å². The first kappa shape index (κ1) is 19.9. The number of carbonyl (C=O) groups is 1. The molecule has 0 radical (unpaired) electrons. The van der Waals surface area contributed by atoms with Crippen LogP contribution in [-0.4, -0.2) is 19.1 Å². The topological polar surface area (TPSA) is 44.4 Å². The molecule has 2 aromatic rings. The summed E-state index contributed by atoms with van der Waals surface area (Å²) >= 11 is 0. The molecule has 4 nitrogen and oxygen atoms in total. The Balaban J connectivity index is 1.62. The van der Waals surface area contributed by atoms with E-state index in [0.29, 0.717) is 13.1 Å². The molecule has 150 valence electrons. The number of hydrogen-bond acceptors (Lipinski definition) is 2. The third-order valence-corrected chi connectivity index (χ3v) is 4.40. The lowest BCUT2D eigenvalue weighted by molar-refractivity contribution is -0.137. The molecule has 3 rings (SSSR count). The molecule has 1 saturated heterocycles. The average molecular weight is 399 g/mol. The lowest BCUT2D eigenvalue weighted by atomic mass is 10.1. The Morgan fingerprint density at radius 1 is 1.04 bits per heavy atom. The molecule has 1 aliphatic heterocycles. The second-order valence-electron chi connectivity index (χ2n) is 6.49. The molecule has 0 bridgehead atoms. The van der Waals surface area contributed by atoms with Gasteiger partial charge < -0.3 is 15.5 Å². The van der Waals surface area contributed by atoms with E-state index in [1.165, 1.54) is 12.1 Å². The van der Waals surface area contributed by atoms with Gasteiger partial charge in [-0.2, -0.15) is 13.2 Å². The van der Waals surface area contributed by atoms with Crippen LogP contribution in [0, 0.1) is 11.6 Å². The number of hydrogen-bond donors (Lipinski definition) is 2. The number of amides is 2. The van der Waals surface area contributed by atoms with Crippen molar-refractivity contribution in [3.63, 3.8) is 0 Å². The average Bonchev–Trinajstić information content (AvgIpc) is 3.13. The molecule has 1 heterocycles. The number of anilines is 2. The van der Waals surface area contributed by atoms with Crippen molar-refractivity contribution in [3.05, 3.63) is 59.2 Å². The maximum absolute atomic E-state index is 14.3. The van der Waals surface area contributed by atoms with Crippen molar-refractivity contribution in [1.82, 2.24) is 5.32 Å². The molecule has 2 aromatic carbocycles. The summed E-state index contributed by atoms with van der Waals surface area (Å²) in [7, 11) is 0. The van der Waals surface area contributed by atoms with Crippen molar-refractivity contribution in [3.8, 4) is 0 Å². The van der Waals surface area contributed by atoms with Crippen LogP contribution >= 0.6 is 0 Å². The summed E-state index contributed by atoms with van der Waals surface area (Å²) in [6.07, 6.45) is -2.77. The third-order valence-electron chi connectivity index (χ3n) is 4.40. The van der Waals surface area contributed by atoms with Crippen LogP contribution in [0.2, 0.25) is 0 Å². The first-order valence-electron chi connectivity index (χ1n) is 8.69. The number of benzene rings is 2. The van der Waals surface area contributed by atoms with Crippen LogP contribution in [-0.2, 0) is 12.7 Å². The van der Waals surface area contributed by atoms with Gasteiger partial charge in [0.05, 0.1) is 5.56 Å². The quantitative estimate of drug-likeness (QED) is 0.718. The monoisotopic (exact) mass is 399 g/mol. The normalized spacial score (nSPS) is 14.2. The predicted molar refractivity (Wildman–Crippen MR) is 95.1 cm³/mol. The van der Waals surface area contributed by atoms with Gasteiger partial charge in [0.15, 0.2) is 11.6 Å². The van der Waals surface area contributed by atoms with E-state index in [-0.39, 0.29) is 23.5 Å². The third kappa shape index (κ3) is 4.71. The van der Waals surface area contributed by atoms with Gasteiger partial charge in [0.2, 0.25) is 0 Å². The molecule has 0 spiro atoms. The molecule has 0 atom stereocenters. The minimum Gasteiger partial charge on any atom is -0.367 e. The summed E-state index contributed by atoms with van der Waals surface area (Å²) < 4.78 is 66.6. The van der Waals surface area contributed by atoms with Gasteiger partial charge in [-0.25, -0.2) is 13.6 Å². The van der Waals surface area contributed by atoms with E-state index in [0.717, 1.165) is 37.1 Å². The van der Waals surface area contributed by atoms with E-state index in [4.69, 9.17) is 0 Å². The Morgan fingerprint density at radius 3 is 2.29 bits per heavy atom. The van der Waals surface area contributed by atoms with E-state index in [2.05, 4.69) is 10.6 Å². The Labute approximate surface area is 158 Å². The lowest BCUT2D eigenvalue weighted by Gasteiger charge is -2.20.